The Kier molecular flexibility index (Phi) is 7.24. The molecule has 1 saturated heterocycles. The maximum Gasteiger partial charge on any atom is 0.409 e. The molecule has 0 radical (unpaired) electrons. The minimum absolute atomic E-state index is 0.111. The summed E-state index contributed by atoms with van der Waals surface area (Å²) in [5.41, 5.74) is 1.08. The molecule has 1 aliphatic rings. The Morgan fingerprint density at radius 2 is 2.07 bits per heavy atom. The van der Waals surface area contributed by atoms with E-state index in [1.165, 1.54) is 0 Å². The van der Waals surface area contributed by atoms with E-state index >= 15 is 0 Å². The standard InChI is InChI=1S/C20H26BrN5O3/c1-14(2)12-29-20(28)25-8-6-16(7-9-25)18(27)23-19-22-13-26(24-19)11-15-4-3-5-17(21)10-15/h3-5,10,13-14,16H,6-9,11-12H2,1-2H3,(H,23,24,27). The molecule has 3 rings (SSSR count). The smallest absolute Gasteiger partial charge is 0.409 e. The molecule has 2 aromatic rings. The van der Waals surface area contributed by atoms with Crippen LogP contribution in [-0.2, 0) is 16.1 Å². The van der Waals surface area contributed by atoms with E-state index in [-0.39, 0.29) is 17.9 Å². The number of carbonyl (C=O) groups excluding carboxylic acids is 2. The van der Waals surface area contributed by atoms with Crippen LogP contribution >= 0.6 is 15.9 Å². The van der Waals surface area contributed by atoms with Crippen LogP contribution in [0.3, 0.4) is 0 Å². The van der Waals surface area contributed by atoms with Crippen molar-refractivity contribution in [3.63, 3.8) is 0 Å². The molecule has 29 heavy (non-hydrogen) atoms. The average molecular weight is 464 g/mol. The second-order valence-electron chi connectivity index (χ2n) is 7.62. The molecule has 0 aliphatic carbocycles. The number of rotatable bonds is 6. The van der Waals surface area contributed by atoms with E-state index in [0.29, 0.717) is 50.9 Å². The van der Waals surface area contributed by atoms with E-state index in [2.05, 4.69) is 31.3 Å². The normalized spacial score (nSPS) is 14.8. The summed E-state index contributed by atoms with van der Waals surface area (Å²) in [5, 5.41) is 7.12. The molecule has 1 aliphatic heterocycles. The lowest BCUT2D eigenvalue weighted by Gasteiger charge is -2.30. The van der Waals surface area contributed by atoms with E-state index in [0.717, 1.165) is 10.0 Å². The number of hydrogen-bond acceptors (Lipinski definition) is 5. The number of carbonyl (C=O) groups is 2. The summed E-state index contributed by atoms with van der Waals surface area (Å²) in [7, 11) is 0. The van der Waals surface area contributed by atoms with Gasteiger partial charge in [0.15, 0.2) is 0 Å². The highest BCUT2D eigenvalue weighted by molar-refractivity contribution is 9.10. The Morgan fingerprint density at radius 1 is 1.31 bits per heavy atom. The number of ether oxygens (including phenoxy) is 1. The van der Waals surface area contributed by atoms with E-state index in [1.54, 1.807) is 15.9 Å². The predicted octanol–water partition coefficient (Wildman–Crippen LogP) is 3.53. The van der Waals surface area contributed by atoms with Gasteiger partial charge in [0.25, 0.3) is 0 Å². The summed E-state index contributed by atoms with van der Waals surface area (Å²) in [6, 6.07) is 7.94. The minimum atomic E-state index is -0.300. The molecule has 0 bridgehead atoms. The molecule has 9 heteroatoms. The summed E-state index contributed by atoms with van der Waals surface area (Å²) in [6.07, 6.45) is 2.50. The number of anilines is 1. The molecule has 2 amide bonds. The lowest BCUT2D eigenvalue weighted by Crippen LogP contribution is -2.42. The zero-order valence-corrected chi connectivity index (χ0v) is 18.3. The van der Waals surface area contributed by atoms with Gasteiger partial charge in [-0.1, -0.05) is 41.9 Å². The van der Waals surface area contributed by atoms with Gasteiger partial charge in [0.2, 0.25) is 11.9 Å². The van der Waals surface area contributed by atoms with Crippen LogP contribution in [-0.4, -0.2) is 51.4 Å². The van der Waals surface area contributed by atoms with Gasteiger partial charge in [0, 0.05) is 23.5 Å². The summed E-state index contributed by atoms with van der Waals surface area (Å²) < 4.78 is 7.94. The molecule has 8 nitrogen and oxygen atoms in total. The summed E-state index contributed by atoms with van der Waals surface area (Å²) in [5.74, 6) is 0.323. The number of hydrogen-bond donors (Lipinski definition) is 1. The average Bonchev–Trinajstić information content (AvgIpc) is 3.12. The second-order valence-corrected chi connectivity index (χ2v) is 8.53. The van der Waals surface area contributed by atoms with Gasteiger partial charge in [0.05, 0.1) is 13.2 Å². The first-order valence-electron chi connectivity index (χ1n) is 9.77. The number of amides is 2. The quantitative estimate of drug-likeness (QED) is 0.707. The van der Waals surface area contributed by atoms with Crippen molar-refractivity contribution in [1.29, 1.82) is 0 Å². The highest BCUT2D eigenvalue weighted by Gasteiger charge is 2.28. The fourth-order valence-corrected chi connectivity index (χ4v) is 3.56. The van der Waals surface area contributed by atoms with Gasteiger partial charge in [0.1, 0.15) is 6.33 Å². The van der Waals surface area contributed by atoms with Crippen molar-refractivity contribution in [2.75, 3.05) is 25.0 Å². The van der Waals surface area contributed by atoms with Crippen molar-refractivity contribution >= 4 is 33.9 Å². The van der Waals surface area contributed by atoms with E-state index in [1.807, 2.05) is 38.1 Å². The number of aromatic nitrogens is 3. The van der Waals surface area contributed by atoms with Gasteiger partial charge in [-0.3, -0.25) is 10.1 Å². The Hall–Kier alpha value is -2.42. The Bertz CT molecular complexity index is 846. The number of piperidine rings is 1. The molecule has 156 valence electrons. The van der Waals surface area contributed by atoms with Crippen LogP contribution in [0.1, 0.15) is 32.3 Å². The summed E-state index contributed by atoms with van der Waals surface area (Å²) >= 11 is 3.45. The van der Waals surface area contributed by atoms with Crippen LogP contribution in [0, 0.1) is 11.8 Å². The molecular weight excluding hydrogens is 438 g/mol. The first-order chi connectivity index (χ1) is 13.9. The number of likely N-dealkylation sites (tertiary alicyclic amines) is 1. The largest absolute Gasteiger partial charge is 0.449 e. The van der Waals surface area contributed by atoms with Crippen LogP contribution in [0.4, 0.5) is 10.7 Å². The molecule has 1 aromatic heterocycles. The molecule has 0 unspecified atom stereocenters. The van der Waals surface area contributed by atoms with E-state index < -0.39 is 0 Å². The third-order valence-electron chi connectivity index (χ3n) is 4.67. The predicted molar refractivity (Wildman–Crippen MR) is 112 cm³/mol. The van der Waals surface area contributed by atoms with Gasteiger partial charge in [-0.2, -0.15) is 0 Å². The molecule has 0 spiro atoms. The minimum Gasteiger partial charge on any atom is -0.449 e. The molecule has 0 atom stereocenters. The number of nitrogens with one attached hydrogen (secondary N) is 1. The number of halogens is 1. The van der Waals surface area contributed by atoms with Crippen molar-refractivity contribution in [2.24, 2.45) is 11.8 Å². The maximum absolute atomic E-state index is 12.5. The maximum atomic E-state index is 12.5. The highest BCUT2D eigenvalue weighted by atomic mass is 79.9. The fourth-order valence-electron chi connectivity index (χ4n) is 3.12. The van der Waals surface area contributed by atoms with Crippen LogP contribution in [0.25, 0.3) is 0 Å². The van der Waals surface area contributed by atoms with Crippen LogP contribution < -0.4 is 5.32 Å². The van der Waals surface area contributed by atoms with Gasteiger partial charge in [-0.25, -0.2) is 14.5 Å². The zero-order valence-electron chi connectivity index (χ0n) is 16.7. The first-order valence-corrected chi connectivity index (χ1v) is 10.6. The Balaban J connectivity index is 1.46. The van der Waals surface area contributed by atoms with Crippen molar-refractivity contribution in [1.82, 2.24) is 19.7 Å². The van der Waals surface area contributed by atoms with Crippen molar-refractivity contribution in [2.45, 2.75) is 33.2 Å². The van der Waals surface area contributed by atoms with E-state index in [9.17, 15) is 9.59 Å². The second kappa shape index (κ2) is 9.87. The number of benzene rings is 1. The van der Waals surface area contributed by atoms with Gasteiger partial charge in [-0.15, -0.1) is 5.10 Å². The van der Waals surface area contributed by atoms with Crippen LogP contribution in [0.2, 0.25) is 0 Å². The molecular formula is C20H26BrN5O3. The highest BCUT2D eigenvalue weighted by Crippen LogP contribution is 2.19. The SMILES string of the molecule is CC(C)COC(=O)N1CCC(C(=O)Nc2ncn(Cc3cccc(Br)c3)n2)CC1. The van der Waals surface area contributed by atoms with Gasteiger partial charge >= 0.3 is 6.09 Å². The molecule has 2 heterocycles. The number of nitrogens with zero attached hydrogens (tertiary/aromatic N) is 4. The van der Waals surface area contributed by atoms with Crippen molar-refractivity contribution < 1.29 is 14.3 Å². The lowest BCUT2D eigenvalue weighted by atomic mass is 9.96. The van der Waals surface area contributed by atoms with E-state index in [4.69, 9.17) is 4.74 Å². The lowest BCUT2D eigenvalue weighted by molar-refractivity contribution is -0.121. The summed E-state index contributed by atoms with van der Waals surface area (Å²) in [4.78, 5) is 30.4. The monoisotopic (exact) mass is 463 g/mol. The third-order valence-corrected chi connectivity index (χ3v) is 5.16. The van der Waals surface area contributed by atoms with Crippen LogP contribution in [0.5, 0.6) is 0 Å². The molecule has 1 N–H and O–H groups in total. The molecule has 0 saturated carbocycles. The Labute approximate surface area is 178 Å². The molecule has 1 aromatic carbocycles. The Morgan fingerprint density at radius 3 is 2.76 bits per heavy atom. The van der Waals surface area contributed by atoms with Crippen molar-refractivity contribution in [3.05, 3.63) is 40.6 Å². The zero-order chi connectivity index (χ0) is 20.8. The van der Waals surface area contributed by atoms with Crippen molar-refractivity contribution in [3.8, 4) is 0 Å². The first kappa shape index (κ1) is 21.3. The topological polar surface area (TPSA) is 89.4 Å². The fraction of sp³-hybridized carbons (Fsp3) is 0.500. The van der Waals surface area contributed by atoms with Gasteiger partial charge in [-0.05, 0) is 36.5 Å². The van der Waals surface area contributed by atoms with Gasteiger partial charge < -0.3 is 9.64 Å². The van der Waals surface area contributed by atoms with Crippen LogP contribution in [0.15, 0.2) is 35.1 Å². The third kappa shape index (κ3) is 6.28. The molecule has 1 fully saturated rings. The summed E-state index contributed by atoms with van der Waals surface area (Å²) in [6.45, 7) is 6.00.